The zero-order chi connectivity index (χ0) is 89.9. The van der Waals surface area contributed by atoms with E-state index in [9.17, 15) is 19.2 Å². The number of oxazole rings is 4. The molecule has 3 amide bonds. The van der Waals surface area contributed by atoms with Crippen LogP contribution in [0.15, 0.2) is 162 Å². The second kappa shape index (κ2) is 48.4. The lowest BCUT2D eigenvalue weighted by molar-refractivity contribution is -0.112. The number of carboxylic acid groups (broad SMARTS) is 1. The Bertz CT molecular complexity index is 4840. The van der Waals surface area contributed by atoms with Crippen molar-refractivity contribution in [1.82, 2.24) is 50.1 Å². The highest BCUT2D eigenvalue weighted by atomic mass is 79.9. The third kappa shape index (κ3) is 33.2. The highest BCUT2D eigenvalue weighted by Crippen LogP contribution is 2.40. The first kappa shape index (κ1) is 101. The van der Waals surface area contributed by atoms with Crippen molar-refractivity contribution in [2.75, 3.05) is 23.7 Å². The Morgan fingerprint density at radius 1 is 0.484 bits per heavy atom. The molecule has 0 bridgehead atoms. The summed E-state index contributed by atoms with van der Waals surface area (Å²) < 4.78 is 29.1. The number of thiazole rings is 4. The molecule has 672 valence electrons. The van der Waals surface area contributed by atoms with Gasteiger partial charge in [0.2, 0.25) is 35.4 Å². The van der Waals surface area contributed by atoms with Crippen molar-refractivity contribution in [1.29, 1.82) is 0 Å². The van der Waals surface area contributed by atoms with Gasteiger partial charge < -0.3 is 49.4 Å². The van der Waals surface area contributed by atoms with Crippen LogP contribution in [0.1, 0.15) is 270 Å². The number of aromatic nitrogens is 8. The van der Waals surface area contributed by atoms with E-state index in [1.165, 1.54) is 113 Å². The van der Waals surface area contributed by atoms with E-state index in [-0.39, 0.29) is 51.0 Å². The van der Waals surface area contributed by atoms with E-state index in [1.54, 1.807) is 94.0 Å². The number of nitrogens with two attached hydrogens (primary N) is 1. The van der Waals surface area contributed by atoms with Crippen LogP contribution in [-0.2, 0) is 73.5 Å². The lowest BCUT2D eigenvalue weighted by Gasteiger charge is -2.39. The van der Waals surface area contributed by atoms with Gasteiger partial charge in [0.1, 0.15) is 23.0 Å². The molecule has 31 heteroatoms. The maximum absolute atomic E-state index is 13.3. The molecule has 0 unspecified atom stereocenters. The number of amides is 3. The number of nitrogens with one attached hydrogen (secondary N) is 3. The Hall–Kier alpha value is -7.04. The van der Waals surface area contributed by atoms with Gasteiger partial charge in [-0.25, -0.2) is 44.7 Å². The molecule has 8 aromatic heterocycles. The fourth-order valence-electron chi connectivity index (χ4n) is 13.9. The molecular formula is C93H126BrN13O9S8. The molecule has 22 nitrogen and oxygen atoms in total. The number of carbonyl (C=O) groups excluding carboxylic acids is 3. The van der Waals surface area contributed by atoms with Gasteiger partial charge in [-0.05, 0) is 172 Å². The summed E-state index contributed by atoms with van der Waals surface area (Å²) in [4.78, 5) is 83.7. The Balaban J connectivity index is 0.000000177. The smallest absolute Gasteiger partial charge is 0.335 e. The van der Waals surface area contributed by atoms with Crippen LogP contribution in [0.2, 0.25) is 0 Å². The molecule has 124 heavy (non-hydrogen) atoms. The van der Waals surface area contributed by atoms with E-state index in [4.69, 9.17) is 28.5 Å². The minimum Gasteiger partial charge on any atom is -0.478 e. The third-order valence-electron chi connectivity index (χ3n) is 21.9. The van der Waals surface area contributed by atoms with Crippen molar-refractivity contribution < 1.29 is 42.0 Å². The normalized spacial score (nSPS) is 19.1. The first-order chi connectivity index (χ1) is 58.8. The van der Waals surface area contributed by atoms with Gasteiger partial charge >= 0.3 is 5.97 Å². The number of anilines is 2. The molecule has 0 radical (unpaired) electrons. The van der Waals surface area contributed by atoms with E-state index in [0.717, 1.165) is 150 Å². The number of likely N-dealkylation sites (tertiary alicyclic amines) is 1. The first-order valence-corrected chi connectivity index (χ1v) is 50.7. The first-order valence-electron chi connectivity index (χ1n) is 42.7. The largest absolute Gasteiger partial charge is 0.478 e. The van der Waals surface area contributed by atoms with Gasteiger partial charge in [-0.2, -0.15) is 0 Å². The monoisotopic (exact) mass is 1900 g/mol. The summed E-state index contributed by atoms with van der Waals surface area (Å²) in [5.74, 6) is 11.7. The van der Waals surface area contributed by atoms with Crippen LogP contribution in [0.3, 0.4) is 0 Å². The second-order valence-corrected chi connectivity index (χ2v) is 46.7. The third-order valence-corrected chi connectivity index (χ3v) is 31.1. The molecule has 0 spiro atoms. The molecule has 2 aliphatic carbocycles. The van der Waals surface area contributed by atoms with Crippen LogP contribution < -0.4 is 21.7 Å². The maximum Gasteiger partial charge on any atom is 0.335 e. The predicted octanol–water partition coefficient (Wildman–Crippen LogP) is 24.6. The van der Waals surface area contributed by atoms with Crippen LogP contribution in [0.5, 0.6) is 0 Å². The quantitative estimate of drug-likeness (QED) is 0.0277. The number of carboxylic acids is 1. The number of carbonyl (C=O) groups is 4. The summed E-state index contributed by atoms with van der Waals surface area (Å²) in [5.41, 5.74) is 7.76. The predicted molar refractivity (Wildman–Crippen MR) is 514 cm³/mol. The summed E-state index contributed by atoms with van der Waals surface area (Å²) in [5, 5.41) is 21.0. The van der Waals surface area contributed by atoms with Crippen LogP contribution in [0, 0.1) is 29.6 Å². The molecule has 6 N–H and O–H groups in total. The van der Waals surface area contributed by atoms with E-state index < -0.39 is 5.97 Å². The van der Waals surface area contributed by atoms with E-state index in [1.807, 2.05) is 77.1 Å². The van der Waals surface area contributed by atoms with Gasteiger partial charge in [0.05, 0.1) is 110 Å². The Labute approximate surface area is 774 Å². The number of thioether (sulfide) groups is 4. The molecule has 14 rings (SSSR count). The Morgan fingerprint density at radius 2 is 0.847 bits per heavy atom. The summed E-state index contributed by atoms with van der Waals surface area (Å²) in [6.45, 7) is 43.3. The fraction of sp³-hybridized carbons (Fsp3) is 0.527. The zero-order valence-corrected chi connectivity index (χ0v) is 82.9. The number of halogens is 1. The SMILES string of the molecule is C=CC(=O)Nc1ccc(C(=O)N2CCC[C@@H](Cc3ncc(SCc4ncc(C(C)(C)C)o4)s3)[C@H]2C)cc1.C=CC(=O)Nc1ccc(C(=O)O)cc1.CC(C)(C)c1cnc(CSc2cnc(Br)s2)o1.C[C@H]1CCCC[C@H]1Cc1ncc(SCc2ncc(C(C)(C)C)o2)s1.C[C@H]1CCCC[C@H]1N.C[C@H]1NCCC[C@H]1Cc1ncc(SCc2ncc(C(C)(C)C)o2)s1. The molecule has 10 aromatic rings. The average Bonchev–Trinajstić information content (AvgIpc) is 1.03. The molecular weight excluding hydrogens is 1780 g/mol. The Kier molecular flexibility index (Phi) is 39.3. The minimum absolute atomic E-state index is 0.0122. The van der Waals surface area contributed by atoms with Gasteiger partial charge in [0, 0.05) is 82.5 Å². The number of benzene rings is 2. The summed E-state index contributed by atoms with van der Waals surface area (Å²) >= 11 is 17.3. The number of rotatable bonds is 24. The van der Waals surface area contributed by atoms with Crippen molar-refractivity contribution >= 4 is 143 Å². The lowest BCUT2D eigenvalue weighted by atomic mass is 9.79. The number of piperidine rings is 2. The van der Waals surface area contributed by atoms with Crippen LogP contribution >= 0.6 is 108 Å². The van der Waals surface area contributed by atoms with Crippen molar-refractivity contribution in [2.24, 2.45) is 35.3 Å². The summed E-state index contributed by atoms with van der Waals surface area (Å²) in [6.07, 6.45) is 36.2. The average molecular weight is 1910 g/mol. The van der Waals surface area contributed by atoms with Gasteiger partial charge in [-0.3, -0.25) is 14.4 Å². The van der Waals surface area contributed by atoms with Gasteiger partial charge in [-0.15, -0.1) is 92.4 Å². The van der Waals surface area contributed by atoms with Crippen LogP contribution in [0.25, 0.3) is 0 Å². The van der Waals surface area contributed by atoms with Gasteiger partial charge in [-0.1, -0.05) is 142 Å². The van der Waals surface area contributed by atoms with E-state index in [0.29, 0.717) is 46.6 Å². The standard InChI is InChI=1S/C28H34N4O3S2.C19H28N2OS2.C18H27N3OS2.C11H13BrN2OS2.C10H9NO3.C7H15N/c1-6-23(33)31-21-11-9-19(10-12-21)27(34)32-13-7-8-20(18(32)2)14-25-30-16-26(37-25)36-17-24-29-15-22(35-24)28(3,4)5;1-13-7-5-6-8-14(13)9-17-21-11-18(24-17)23-12-16-20-10-15(22-16)19(2,3)4;1-12-13(6-5-7-19-12)8-16-21-10-17(24-16)23-11-15-20-9-14(22-15)18(2,3)4;1-11(2,3)7-4-13-8(15-7)6-16-9-5-14-10(12)17-9;1-2-9(12)11-8-5-3-7(4-6-8)10(13)14;1-6-4-2-3-5-7(6)8/h6,9-12,15-16,18,20H,1,7-8,13-14,17H2,2-5H3,(H,31,33);10-11,13-14H,5-9,12H2,1-4H3;9-10,12-13,19H,5-8,11H2,1-4H3;4-5H,6H2,1-3H3;2-6H,1H2,(H,11,12)(H,13,14);6-7H,2-5,8H2,1H3/t18-,20+;13-,14-;12-,13+;;;6-,7+/m101..0/s1. The number of aromatic carboxylic acids is 1. The molecule has 2 saturated heterocycles. The summed E-state index contributed by atoms with van der Waals surface area (Å²) in [6, 6.07) is 14.1. The van der Waals surface area contributed by atoms with Gasteiger partial charge in [0.25, 0.3) is 5.91 Å². The molecule has 2 saturated carbocycles. The number of hydrogen-bond donors (Lipinski definition) is 5. The zero-order valence-electron chi connectivity index (χ0n) is 74.7. The lowest BCUT2D eigenvalue weighted by Crippen LogP contribution is -2.47. The van der Waals surface area contributed by atoms with Gasteiger partial charge in [0.15, 0.2) is 3.92 Å². The molecule has 8 atom stereocenters. The van der Waals surface area contributed by atoms with Crippen molar-refractivity contribution in [2.45, 2.75) is 287 Å². The molecule has 10 heterocycles. The van der Waals surface area contributed by atoms with E-state index >= 15 is 0 Å². The van der Waals surface area contributed by atoms with Crippen molar-refractivity contribution in [3.05, 3.63) is 200 Å². The van der Waals surface area contributed by atoms with Crippen molar-refractivity contribution in [3.8, 4) is 0 Å². The van der Waals surface area contributed by atoms with Crippen molar-refractivity contribution in [3.63, 3.8) is 0 Å². The van der Waals surface area contributed by atoms with E-state index in [2.05, 4.69) is 196 Å². The minimum atomic E-state index is -0.994. The summed E-state index contributed by atoms with van der Waals surface area (Å²) in [7, 11) is 0. The number of hydrogen-bond acceptors (Lipinski definition) is 26. The second-order valence-electron chi connectivity index (χ2n) is 36.0. The highest BCUT2D eigenvalue weighted by molar-refractivity contribution is 9.11. The van der Waals surface area contributed by atoms with Crippen LogP contribution in [-0.4, -0.2) is 105 Å². The fourth-order valence-corrected chi connectivity index (χ4v) is 22.3. The maximum atomic E-state index is 13.3. The molecule has 2 aliphatic heterocycles. The van der Waals surface area contributed by atoms with Crippen LogP contribution in [0.4, 0.5) is 11.4 Å². The molecule has 4 aliphatic rings. The Morgan fingerprint density at radius 3 is 1.20 bits per heavy atom. The molecule has 4 fully saturated rings. The number of nitrogens with zero attached hydrogens (tertiary/aromatic N) is 9. The highest BCUT2D eigenvalue weighted by Gasteiger charge is 2.34. The topological polar surface area (TPSA) is 310 Å². The molecule has 2 aromatic carbocycles.